The quantitative estimate of drug-likeness (QED) is 0.385. The molecule has 0 unspecified atom stereocenters. The van der Waals surface area contributed by atoms with Gasteiger partial charge >= 0.3 is 0 Å². The molecule has 0 fully saturated rings. The Bertz CT molecular complexity index is 1170. The van der Waals surface area contributed by atoms with Crippen molar-refractivity contribution in [2.24, 2.45) is 4.40 Å². The fraction of sp³-hybridized carbons (Fsp3) is 0.0500. The number of hydrogen-bond donors (Lipinski definition) is 0. The molecule has 7 heteroatoms. The second-order valence-corrected chi connectivity index (χ2v) is 9.40. The normalized spacial score (nSPS) is 12.0. The number of thiophene rings is 2. The lowest BCUT2D eigenvalue weighted by atomic mass is 10.2. The van der Waals surface area contributed by atoms with Crippen LogP contribution in [0.2, 0.25) is 0 Å². The van der Waals surface area contributed by atoms with Crippen LogP contribution in [0.15, 0.2) is 79.1 Å². The van der Waals surface area contributed by atoms with Crippen LogP contribution >= 0.6 is 22.7 Å². The van der Waals surface area contributed by atoms with E-state index < -0.39 is 10.0 Å². The smallest absolute Gasteiger partial charge is 0.282 e. The number of furan rings is 1. The molecule has 0 bridgehead atoms. The molecular formula is C20H15NO3S3. The molecule has 27 heavy (non-hydrogen) atoms. The second kappa shape index (κ2) is 7.26. The van der Waals surface area contributed by atoms with E-state index in [0.29, 0.717) is 17.1 Å². The highest BCUT2D eigenvalue weighted by Gasteiger charge is 2.17. The van der Waals surface area contributed by atoms with E-state index in [1.165, 1.54) is 17.6 Å². The fourth-order valence-corrected chi connectivity index (χ4v) is 4.80. The van der Waals surface area contributed by atoms with E-state index in [1.807, 2.05) is 48.0 Å². The van der Waals surface area contributed by atoms with Crippen LogP contribution in [-0.2, 0) is 10.0 Å². The Kier molecular flexibility index (Phi) is 4.82. The predicted octanol–water partition coefficient (Wildman–Crippen LogP) is 5.85. The van der Waals surface area contributed by atoms with Crippen molar-refractivity contribution in [2.45, 2.75) is 11.8 Å². The summed E-state index contributed by atoms with van der Waals surface area (Å²) < 4.78 is 35.0. The molecule has 136 valence electrons. The first kappa shape index (κ1) is 17.9. The second-order valence-electron chi connectivity index (χ2n) is 5.87. The molecule has 0 atom stereocenters. The minimum absolute atomic E-state index is 0.170. The highest BCUT2D eigenvalue weighted by molar-refractivity contribution is 7.90. The minimum atomic E-state index is -3.77. The number of aryl methyl sites for hydroxylation is 1. The third-order valence-electron chi connectivity index (χ3n) is 3.92. The highest BCUT2D eigenvalue weighted by atomic mass is 32.2. The van der Waals surface area contributed by atoms with Crippen LogP contribution in [-0.4, -0.2) is 14.6 Å². The summed E-state index contributed by atoms with van der Waals surface area (Å²) in [6, 6.07) is 16.2. The summed E-state index contributed by atoms with van der Waals surface area (Å²) in [5, 5.41) is 3.92. The summed E-state index contributed by atoms with van der Waals surface area (Å²) in [6.07, 6.45) is 1.37. The zero-order valence-electron chi connectivity index (χ0n) is 14.3. The molecule has 0 aliphatic rings. The summed E-state index contributed by atoms with van der Waals surface area (Å²) in [5.41, 5.74) is 1.63. The van der Waals surface area contributed by atoms with Crippen molar-refractivity contribution in [2.75, 3.05) is 0 Å². The zero-order chi connectivity index (χ0) is 18.9. The Morgan fingerprint density at radius 1 is 0.963 bits per heavy atom. The maximum absolute atomic E-state index is 12.5. The van der Waals surface area contributed by atoms with Crippen LogP contribution in [0, 0.1) is 6.92 Å². The number of benzene rings is 1. The Labute approximate surface area is 165 Å². The molecule has 1 aromatic carbocycles. The number of hydrogen-bond acceptors (Lipinski definition) is 5. The van der Waals surface area contributed by atoms with Gasteiger partial charge in [0.15, 0.2) is 5.76 Å². The molecule has 0 amide bonds. The van der Waals surface area contributed by atoms with Crippen LogP contribution < -0.4 is 0 Å². The van der Waals surface area contributed by atoms with Crippen molar-refractivity contribution in [1.29, 1.82) is 0 Å². The van der Waals surface area contributed by atoms with Crippen molar-refractivity contribution in [3.8, 4) is 21.3 Å². The molecule has 0 spiro atoms. The van der Waals surface area contributed by atoms with E-state index >= 15 is 0 Å². The molecule has 4 aromatic rings. The average molecular weight is 414 g/mol. The van der Waals surface area contributed by atoms with E-state index in [2.05, 4.69) is 4.40 Å². The van der Waals surface area contributed by atoms with Gasteiger partial charge in [-0.15, -0.1) is 22.7 Å². The third-order valence-corrected chi connectivity index (χ3v) is 6.92. The SMILES string of the molecule is Cc1ccc(S(=O)(=O)/N=C/c2cc(-c3cccs3)oc2-c2cccs2)cc1. The van der Waals surface area contributed by atoms with E-state index in [9.17, 15) is 8.42 Å². The van der Waals surface area contributed by atoms with Crippen molar-refractivity contribution in [3.63, 3.8) is 0 Å². The summed E-state index contributed by atoms with van der Waals surface area (Å²) in [5.74, 6) is 1.32. The summed E-state index contributed by atoms with van der Waals surface area (Å²) in [7, 11) is -3.77. The van der Waals surface area contributed by atoms with E-state index in [4.69, 9.17) is 4.42 Å². The van der Waals surface area contributed by atoms with E-state index in [0.717, 1.165) is 15.3 Å². The van der Waals surface area contributed by atoms with Crippen molar-refractivity contribution in [3.05, 3.63) is 76.5 Å². The summed E-state index contributed by atoms with van der Waals surface area (Å²) in [6.45, 7) is 1.91. The Balaban J connectivity index is 1.74. The van der Waals surface area contributed by atoms with Gasteiger partial charge in [-0.2, -0.15) is 12.8 Å². The first-order valence-corrected chi connectivity index (χ1v) is 11.3. The van der Waals surface area contributed by atoms with Crippen LogP contribution in [0.25, 0.3) is 21.3 Å². The molecular weight excluding hydrogens is 398 g/mol. The largest absolute Gasteiger partial charge is 0.454 e. The molecule has 3 heterocycles. The average Bonchev–Trinajstić information content (AvgIpc) is 3.40. The topological polar surface area (TPSA) is 59.6 Å². The van der Waals surface area contributed by atoms with E-state index in [-0.39, 0.29) is 4.90 Å². The maximum atomic E-state index is 12.5. The molecule has 0 N–H and O–H groups in total. The molecule has 4 nitrogen and oxygen atoms in total. The molecule has 3 aromatic heterocycles. The van der Waals surface area contributed by atoms with Crippen LogP contribution in [0.4, 0.5) is 0 Å². The predicted molar refractivity (Wildman–Crippen MR) is 111 cm³/mol. The van der Waals surface area contributed by atoms with Gasteiger partial charge in [-0.3, -0.25) is 0 Å². The first-order chi connectivity index (χ1) is 13.0. The molecule has 4 rings (SSSR count). The van der Waals surface area contributed by atoms with Gasteiger partial charge in [0.1, 0.15) is 5.76 Å². The lowest BCUT2D eigenvalue weighted by Crippen LogP contribution is -1.97. The standard InChI is InChI=1S/C20H15NO3S3/c1-14-6-8-16(9-7-14)27(22,23)21-13-15-12-17(18-4-2-10-25-18)24-20(15)19-5-3-11-26-19/h2-13H,1H3/b21-13+. The summed E-state index contributed by atoms with van der Waals surface area (Å²) >= 11 is 3.09. The van der Waals surface area contributed by atoms with Gasteiger partial charge in [0, 0.05) is 5.56 Å². The third kappa shape index (κ3) is 3.80. The van der Waals surface area contributed by atoms with Crippen LogP contribution in [0.1, 0.15) is 11.1 Å². The Morgan fingerprint density at radius 2 is 1.63 bits per heavy atom. The van der Waals surface area contributed by atoms with Gasteiger partial charge in [-0.1, -0.05) is 29.8 Å². The monoisotopic (exact) mass is 413 g/mol. The number of rotatable bonds is 5. The highest BCUT2D eigenvalue weighted by Crippen LogP contribution is 2.36. The van der Waals surface area contributed by atoms with Crippen LogP contribution in [0.5, 0.6) is 0 Å². The van der Waals surface area contributed by atoms with Gasteiger partial charge in [-0.05, 0) is 48.0 Å². The van der Waals surface area contributed by atoms with Gasteiger partial charge in [0.2, 0.25) is 0 Å². The van der Waals surface area contributed by atoms with E-state index in [1.54, 1.807) is 35.6 Å². The van der Waals surface area contributed by atoms with Crippen molar-refractivity contribution >= 4 is 38.9 Å². The van der Waals surface area contributed by atoms with Gasteiger partial charge < -0.3 is 4.42 Å². The zero-order valence-corrected chi connectivity index (χ0v) is 16.8. The molecule has 0 saturated heterocycles. The molecule has 0 aliphatic carbocycles. The van der Waals surface area contributed by atoms with Gasteiger partial charge in [-0.25, -0.2) is 0 Å². The number of nitrogens with zero attached hydrogens (tertiary/aromatic N) is 1. The Hall–Kier alpha value is -2.48. The van der Waals surface area contributed by atoms with Crippen LogP contribution in [0.3, 0.4) is 0 Å². The molecule has 0 saturated carbocycles. The van der Waals surface area contributed by atoms with Crippen molar-refractivity contribution < 1.29 is 12.8 Å². The molecule has 0 radical (unpaired) electrons. The number of sulfonamides is 1. The maximum Gasteiger partial charge on any atom is 0.282 e. The van der Waals surface area contributed by atoms with Gasteiger partial charge in [0.25, 0.3) is 10.0 Å². The minimum Gasteiger partial charge on any atom is -0.454 e. The Morgan fingerprint density at radius 3 is 2.26 bits per heavy atom. The lowest BCUT2D eigenvalue weighted by molar-refractivity contribution is 0.598. The molecule has 0 aliphatic heterocycles. The first-order valence-electron chi connectivity index (χ1n) is 8.11. The van der Waals surface area contributed by atoms with Gasteiger partial charge in [0.05, 0.1) is 20.9 Å². The summed E-state index contributed by atoms with van der Waals surface area (Å²) in [4.78, 5) is 2.07. The fourth-order valence-electron chi connectivity index (χ4n) is 2.54. The van der Waals surface area contributed by atoms with Crippen molar-refractivity contribution in [1.82, 2.24) is 0 Å². The lowest BCUT2D eigenvalue weighted by Gasteiger charge is -1.99.